The lowest BCUT2D eigenvalue weighted by Gasteiger charge is -2.17. The number of likely N-dealkylation sites (N-methyl/N-ethyl adjacent to an activating group) is 1. The molecule has 7 nitrogen and oxygen atoms in total. The quantitative estimate of drug-likeness (QED) is 0.681. The van der Waals surface area contributed by atoms with E-state index in [4.69, 9.17) is 13.9 Å². The Balaban J connectivity index is 1.87. The maximum atomic E-state index is 12.5. The summed E-state index contributed by atoms with van der Waals surface area (Å²) < 4.78 is 20.5. The van der Waals surface area contributed by atoms with Gasteiger partial charge in [-0.05, 0) is 30.3 Å². The minimum absolute atomic E-state index is 0.0826. The summed E-state index contributed by atoms with van der Waals surface area (Å²) in [5.41, 5.74) is 0.345. The number of amides is 1. The fraction of sp³-hybridized carbons (Fsp3) is 0.333. The van der Waals surface area contributed by atoms with E-state index in [1.165, 1.54) is 18.3 Å². The van der Waals surface area contributed by atoms with Crippen LogP contribution < -0.4 is 9.47 Å². The van der Waals surface area contributed by atoms with Gasteiger partial charge in [-0.2, -0.15) is 0 Å². The number of hydrogen-bond donors (Lipinski definition) is 0. The molecule has 2 rings (SSSR count). The molecule has 0 N–H and O–H groups in total. The molecule has 0 aliphatic heterocycles. The van der Waals surface area contributed by atoms with E-state index in [0.29, 0.717) is 30.2 Å². The van der Waals surface area contributed by atoms with Crippen molar-refractivity contribution < 1.29 is 28.2 Å². The molecule has 0 saturated heterocycles. The maximum absolute atomic E-state index is 12.5. The van der Waals surface area contributed by atoms with Crippen LogP contribution in [0.25, 0.3) is 0 Å². The first-order valence-corrected chi connectivity index (χ1v) is 7.70. The molecule has 1 amide bonds. The summed E-state index contributed by atoms with van der Waals surface area (Å²) in [4.78, 5) is 25.3. The van der Waals surface area contributed by atoms with Gasteiger partial charge in [0.15, 0.2) is 0 Å². The average Bonchev–Trinajstić information content (AvgIpc) is 3.09. The van der Waals surface area contributed by atoms with Gasteiger partial charge in [-0.15, -0.1) is 0 Å². The van der Waals surface area contributed by atoms with Gasteiger partial charge in [0, 0.05) is 7.05 Å². The van der Waals surface area contributed by atoms with Crippen molar-refractivity contribution in [1.82, 2.24) is 4.90 Å². The van der Waals surface area contributed by atoms with Gasteiger partial charge < -0.3 is 23.5 Å². The molecule has 0 bridgehead atoms. The van der Waals surface area contributed by atoms with E-state index in [1.54, 1.807) is 44.5 Å². The highest BCUT2D eigenvalue weighted by Gasteiger charge is 2.20. The number of carbonyl (C=O) groups excluding carboxylic acids is 2. The Morgan fingerprint density at radius 1 is 1.08 bits per heavy atom. The number of methoxy groups -OCH3 is 2. The first kappa shape index (κ1) is 18.4. The summed E-state index contributed by atoms with van der Waals surface area (Å²) >= 11 is 0. The third kappa shape index (κ3) is 5.00. The highest BCUT2D eigenvalue weighted by Crippen LogP contribution is 2.17. The average molecular weight is 347 g/mol. The number of rotatable bonds is 8. The van der Waals surface area contributed by atoms with Crippen LogP contribution in [0.15, 0.2) is 41.0 Å². The van der Waals surface area contributed by atoms with Gasteiger partial charge in [-0.3, -0.25) is 9.59 Å². The van der Waals surface area contributed by atoms with Crippen LogP contribution in [0.3, 0.4) is 0 Å². The normalized spacial score (nSPS) is 10.2. The molecule has 0 spiro atoms. The van der Waals surface area contributed by atoms with Crippen molar-refractivity contribution in [2.45, 2.75) is 6.42 Å². The van der Waals surface area contributed by atoms with Crippen LogP contribution in [-0.2, 0) is 16.0 Å². The highest BCUT2D eigenvalue weighted by atomic mass is 16.5. The van der Waals surface area contributed by atoms with E-state index in [1.807, 2.05) is 0 Å². The molecule has 0 aliphatic carbocycles. The summed E-state index contributed by atoms with van der Waals surface area (Å²) in [7, 11) is 4.55. The summed E-state index contributed by atoms with van der Waals surface area (Å²) in [5, 5.41) is 0. The van der Waals surface area contributed by atoms with E-state index < -0.39 is 5.97 Å². The second-order valence-electron chi connectivity index (χ2n) is 5.26. The van der Waals surface area contributed by atoms with Crippen molar-refractivity contribution in [2.24, 2.45) is 0 Å². The smallest absolute Gasteiger partial charge is 0.313 e. The van der Waals surface area contributed by atoms with Crippen molar-refractivity contribution in [2.75, 3.05) is 34.4 Å². The van der Waals surface area contributed by atoms with Crippen LogP contribution >= 0.6 is 0 Å². The zero-order chi connectivity index (χ0) is 18.2. The molecule has 0 unspecified atom stereocenters. The van der Waals surface area contributed by atoms with Crippen molar-refractivity contribution in [3.05, 3.63) is 47.9 Å². The van der Waals surface area contributed by atoms with E-state index in [2.05, 4.69) is 4.74 Å². The molecule has 2 aromatic rings. The van der Waals surface area contributed by atoms with Gasteiger partial charge >= 0.3 is 5.97 Å². The topological polar surface area (TPSA) is 78.2 Å². The lowest BCUT2D eigenvalue weighted by Crippen LogP contribution is -2.31. The molecular formula is C18H21NO6. The number of benzene rings is 1. The van der Waals surface area contributed by atoms with Crippen LogP contribution in [0.5, 0.6) is 11.5 Å². The summed E-state index contributed by atoms with van der Waals surface area (Å²) in [6.07, 6.45) is 1.30. The zero-order valence-electron chi connectivity index (χ0n) is 14.5. The van der Waals surface area contributed by atoms with Gasteiger partial charge in [0.2, 0.25) is 0 Å². The summed E-state index contributed by atoms with van der Waals surface area (Å²) in [5.74, 6) is 1.02. The number of nitrogens with zero attached hydrogens (tertiary/aromatic N) is 1. The van der Waals surface area contributed by atoms with E-state index in [-0.39, 0.29) is 12.3 Å². The van der Waals surface area contributed by atoms with Gasteiger partial charge in [-0.25, -0.2) is 0 Å². The van der Waals surface area contributed by atoms with Crippen LogP contribution in [0, 0.1) is 0 Å². The second kappa shape index (κ2) is 8.77. The molecule has 25 heavy (non-hydrogen) atoms. The first-order valence-electron chi connectivity index (χ1n) is 7.70. The summed E-state index contributed by atoms with van der Waals surface area (Å²) in [6, 6.07) is 8.74. The molecule has 0 saturated carbocycles. The molecule has 134 valence electrons. The predicted octanol–water partition coefficient (Wildman–Crippen LogP) is 2.15. The van der Waals surface area contributed by atoms with Crippen molar-refractivity contribution >= 4 is 11.9 Å². The standard InChI is InChI=1S/C18H21NO6/c1-19(9-11-24-14-6-4-13(22-2)5-7-14)18(21)15-8-10-25-16(15)12-17(20)23-3/h4-8,10H,9,11-12H2,1-3H3. The molecule has 7 heteroatoms. The van der Waals surface area contributed by atoms with Crippen LogP contribution in [0.1, 0.15) is 16.1 Å². The fourth-order valence-corrected chi connectivity index (χ4v) is 2.15. The van der Waals surface area contributed by atoms with E-state index in [9.17, 15) is 9.59 Å². The predicted molar refractivity (Wildman–Crippen MR) is 89.9 cm³/mol. The Hall–Kier alpha value is -2.96. The van der Waals surface area contributed by atoms with Crippen LogP contribution in [0.4, 0.5) is 0 Å². The van der Waals surface area contributed by atoms with Crippen molar-refractivity contribution in [3.8, 4) is 11.5 Å². The lowest BCUT2D eigenvalue weighted by molar-refractivity contribution is -0.140. The van der Waals surface area contributed by atoms with Crippen molar-refractivity contribution in [3.63, 3.8) is 0 Å². The largest absolute Gasteiger partial charge is 0.497 e. The Labute approximate surface area is 146 Å². The number of hydrogen-bond acceptors (Lipinski definition) is 6. The first-order chi connectivity index (χ1) is 12.0. The van der Waals surface area contributed by atoms with Crippen LogP contribution in [0.2, 0.25) is 0 Å². The fourth-order valence-electron chi connectivity index (χ4n) is 2.15. The highest BCUT2D eigenvalue weighted by molar-refractivity contribution is 5.95. The Morgan fingerprint density at radius 3 is 2.40 bits per heavy atom. The monoisotopic (exact) mass is 347 g/mol. The Kier molecular flexibility index (Phi) is 6.45. The molecule has 1 aromatic carbocycles. The minimum atomic E-state index is -0.463. The molecule has 1 aromatic heterocycles. The maximum Gasteiger partial charge on any atom is 0.313 e. The zero-order valence-corrected chi connectivity index (χ0v) is 14.5. The van der Waals surface area contributed by atoms with Gasteiger partial charge in [0.05, 0.1) is 32.6 Å². The number of ether oxygens (including phenoxy) is 3. The van der Waals surface area contributed by atoms with Crippen molar-refractivity contribution in [1.29, 1.82) is 0 Å². The molecule has 0 fully saturated rings. The molecular weight excluding hydrogens is 326 g/mol. The third-order valence-electron chi connectivity index (χ3n) is 3.61. The van der Waals surface area contributed by atoms with E-state index in [0.717, 1.165) is 5.75 Å². The van der Waals surface area contributed by atoms with Crippen LogP contribution in [-0.4, -0.2) is 51.2 Å². The molecule has 0 radical (unpaired) electrons. The van der Waals surface area contributed by atoms with Gasteiger partial charge in [-0.1, -0.05) is 0 Å². The van der Waals surface area contributed by atoms with Gasteiger partial charge in [0.25, 0.3) is 5.91 Å². The SMILES string of the molecule is COC(=O)Cc1occc1C(=O)N(C)CCOc1ccc(OC)cc1. The molecule has 0 aliphatic rings. The number of esters is 1. The summed E-state index contributed by atoms with van der Waals surface area (Å²) in [6.45, 7) is 0.715. The van der Waals surface area contributed by atoms with E-state index >= 15 is 0 Å². The molecule has 0 atom stereocenters. The lowest BCUT2D eigenvalue weighted by atomic mass is 10.2. The minimum Gasteiger partial charge on any atom is -0.497 e. The number of carbonyl (C=O) groups is 2. The Bertz CT molecular complexity index is 707. The Morgan fingerprint density at radius 2 is 1.76 bits per heavy atom. The second-order valence-corrected chi connectivity index (χ2v) is 5.26. The molecule has 1 heterocycles. The van der Waals surface area contributed by atoms with Gasteiger partial charge in [0.1, 0.15) is 30.3 Å². The number of furan rings is 1. The third-order valence-corrected chi connectivity index (χ3v) is 3.61.